The fourth-order valence-corrected chi connectivity index (χ4v) is 3.69. The van der Waals surface area contributed by atoms with Gasteiger partial charge in [0.1, 0.15) is 0 Å². The highest BCUT2D eigenvalue weighted by molar-refractivity contribution is 9.10. The van der Waals surface area contributed by atoms with Gasteiger partial charge in [0.2, 0.25) is 10.0 Å². The molecule has 0 saturated heterocycles. The summed E-state index contributed by atoms with van der Waals surface area (Å²) in [6.45, 7) is 0.0953. The lowest BCUT2D eigenvalue weighted by atomic mass is 10.2. The lowest BCUT2D eigenvalue weighted by Gasteiger charge is -2.09. The number of hydrogen-bond donors (Lipinski definition) is 2. The molecule has 0 aliphatic carbocycles. The van der Waals surface area contributed by atoms with Crippen LogP contribution in [0.5, 0.6) is 0 Å². The molecular formula is C17H14BrClN2O3S. The Morgan fingerprint density at radius 3 is 2.68 bits per heavy atom. The summed E-state index contributed by atoms with van der Waals surface area (Å²) in [6.07, 6.45) is 5.05. The Kier molecular flexibility index (Phi) is 6.62. The zero-order valence-electron chi connectivity index (χ0n) is 12.9. The van der Waals surface area contributed by atoms with Crippen LogP contribution in [0, 0.1) is 12.3 Å². The van der Waals surface area contributed by atoms with Crippen LogP contribution in [0.25, 0.3) is 0 Å². The molecule has 0 aliphatic rings. The fourth-order valence-electron chi connectivity index (χ4n) is 1.97. The molecule has 0 atom stereocenters. The molecule has 5 nitrogen and oxygen atoms in total. The quantitative estimate of drug-likeness (QED) is 0.677. The molecule has 2 aromatic rings. The molecule has 0 spiro atoms. The Morgan fingerprint density at radius 1 is 1.24 bits per heavy atom. The van der Waals surface area contributed by atoms with Crippen molar-refractivity contribution in [3.63, 3.8) is 0 Å². The van der Waals surface area contributed by atoms with Gasteiger partial charge in [-0.1, -0.05) is 45.6 Å². The molecule has 0 heterocycles. The van der Waals surface area contributed by atoms with Crippen LogP contribution >= 0.6 is 27.5 Å². The summed E-state index contributed by atoms with van der Waals surface area (Å²) < 4.78 is 27.2. The van der Waals surface area contributed by atoms with E-state index in [0.29, 0.717) is 5.02 Å². The highest BCUT2D eigenvalue weighted by atomic mass is 79.9. The van der Waals surface area contributed by atoms with Gasteiger partial charge in [-0.25, -0.2) is 8.42 Å². The number of nitrogens with one attached hydrogen (secondary N) is 2. The SMILES string of the molecule is C#CCNS(=O)(=O)c1cccc(C(=O)NCc2ccc(Br)cc2Cl)c1. The van der Waals surface area contributed by atoms with E-state index in [1.54, 1.807) is 12.1 Å². The average Bonchev–Trinajstić information content (AvgIpc) is 2.59. The lowest BCUT2D eigenvalue weighted by molar-refractivity contribution is 0.0950. The number of amides is 1. The minimum absolute atomic E-state index is 0.0305. The summed E-state index contributed by atoms with van der Waals surface area (Å²) in [5, 5.41) is 3.23. The number of terminal acetylenes is 1. The topological polar surface area (TPSA) is 75.3 Å². The normalized spacial score (nSPS) is 10.9. The second-order valence-electron chi connectivity index (χ2n) is 4.97. The Morgan fingerprint density at radius 2 is 2.00 bits per heavy atom. The fraction of sp³-hybridized carbons (Fsp3) is 0.118. The molecule has 0 fully saturated rings. The first-order chi connectivity index (χ1) is 11.8. The van der Waals surface area contributed by atoms with Gasteiger partial charge in [0, 0.05) is 21.6 Å². The van der Waals surface area contributed by atoms with E-state index in [0.717, 1.165) is 10.0 Å². The highest BCUT2D eigenvalue weighted by Crippen LogP contribution is 2.21. The number of sulfonamides is 1. The van der Waals surface area contributed by atoms with Crippen molar-refractivity contribution < 1.29 is 13.2 Å². The molecule has 0 aliphatic heterocycles. The zero-order chi connectivity index (χ0) is 18.4. The predicted octanol–water partition coefficient (Wildman–Crippen LogP) is 2.94. The van der Waals surface area contributed by atoms with Crippen LogP contribution in [0.1, 0.15) is 15.9 Å². The van der Waals surface area contributed by atoms with Crippen LogP contribution in [-0.2, 0) is 16.6 Å². The number of halogens is 2. The first-order valence-corrected chi connectivity index (χ1v) is 9.74. The molecule has 25 heavy (non-hydrogen) atoms. The highest BCUT2D eigenvalue weighted by Gasteiger charge is 2.15. The first-order valence-electron chi connectivity index (χ1n) is 7.09. The summed E-state index contributed by atoms with van der Waals surface area (Å²) in [5.74, 6) is 1.78. The van der Waals surface area contributed by atoms with Crippen molar-refractivity contribution in [1.82, 2.24) is 10.0 Å². The maximum atomic E-state index is 12.3. The predicted molar refractivity (Wildman–Crippen MR) is 101 cm³/mol. The molecule has 0 bridgehead atoms. The van der Waals surface area contributed by atoms with E-state index in [9.17, 15) is 13.2 Å². The summed E-state index contributed by atoms with van der Waals surface area (Å²) in [6, 6.07) is 11.0. The van der Waals surface area contributed by atoms with E-state index >= 15 is 0 Å². The van der Waals surface area contributed by atoms with Crippen LogP contribution in [0.3, 0.4) is 0 Å². The third-order valence-corrected chi connectivity index (χ3v) is 5.47. The number of hydrogen-bond acceptors (Lipinski definition) is 3. The molecule has 2 aromatic carbocycles. The summed E-state index contributed by atoms with van der Waals surface area (Å²) >= 11 is 9.42. The van der Waals surface area contributed by atoms with Gasteiger partial charge < -0.3 is 5.32 Å². The van der Waals surface area contributed by atoms with E-state index in [1.807, 2.05) is 6.07 Å². The van der Waals surface area contributed by atoms with Crippen LogP contribution in [0.4, 0.5) is 0 Å². The second kappa shape index (κ2) is 8.50. The molecule has 0 aromatic heterocycles. The summed E-state index contributed by atoms with van der Waals surface area (Å²) in [7, 11) is -3.76. The number of carbonyl (C=O) groups excluding carboxylic acids is 1. The molecule has 0 unspecified atom stereocenters. The third-order valence-electron chi connectivity index (χ3n) is 3.23. The van der Waals surface area contributed by atoms with E-state index in [1.165, 1.54) is 24.3 Å². The zero-order valence-corrected chi connectivity index (χ0v) is 16.1. The minimum Gasteiger partial charge on any atom is -0.348 e. The van der Waals surface area contributed by atoms with Gasteiger partial charge in [-0.15, -0.1) is 6.42 Å². The van der Waals surface area contributed by atoms with Gasteiger partial charge in [-0.3, -0.25) is 4.79 Å². The number of benzene rings is 2. The summed E-state index contributed by atoms with van der Waals surface area (Å²) in [4.78, 5) is 12.2. The van der Waals surface area contributed by atoms with Crippen molar-refractivity contribution in [3.05, 3.63) is 63.1 Å². The molecule has 2 rings (SSSR count). The average molecular weight is 442 g/mol. The monoisotopic (exact) mass is 440 g/mol. The van der Waals surface area contributed by atoms with Crippen molar-refractivity contribution in [1.29, 1.82) is 0 Å². The van der Waals surface area contributed by atoms with Crippen LogP contribution in [0.15, 0.2) is 51.8 Å². The van der Waals surface area contributed by atoms with Gasteiger partial charge >= 0.3 is 0 Å². The number of rotatable bonds is 6. The number of carbonyl (C=O) groups is 1. The minimum atomic E-state index is -3.76. The molecule has 1 amide bonds. The van der Waals surface area contributed by atoms with E-state index in [2.05, 4.69) is 31.9 Å². The van der Waals surface area contributed by atoms with Crippen molar-refractivity contribution in [2.24, 2.45) is 0 Å². The Bertz CT molecular complexity index is 939. The summed E-state index contributed by atoms with van der Waals surface area (Å²) in [5.41, 5.74) is 0.967. The molecular weight excluding hydrogens is 428 g/mol. The molecule has 0 saturated carbocycles. The standard InChI is InChI=1S/C17H14BrClN2O3S/c1-2-8-21-25(23,24)15-5-3-4-12(9-15)17(22)20-11-13-6-7-14(18)10-16(13)19/h1,3-7,9-10,21H,8,11H2,(H,20,22). The molecule has 130 valence electrons. The van der Waals surface area contributed by atoms with Gasteiger partial charge in [0.05, 0.1) is 11.4 Å². The molecule has 0 radical (unpaired) electrons. The van der Waals surface area contributed by atoms with Crippen LogP contribution < -0.4 is 10.0 Å². The van der Waals surface area contributed by atoms with Crippen LogP contribution in [-0.4, -0.2) is 20.9 Å². The van der Waals surface area contributed by atoms with E-state index < -0.39 is 15.9 Å². The van der Waals surface area contributed by atoms with E-state index in [-0.39, 0.29) is 23.5 Å². The van der Waals surface area contributed by atoms with Crippen molar-refractivity contribution >= 4 is 43.5 Å². The Hall–Kier alpha value is -1.85. The molecule has 2 N–H and O–H groups in total. The van der Waals surface area contributed by atoms with E-state index in [4.69, 9.17) is 18.0 Å². The molecule has 8 heteroatoms. The maximum Gasteiger partial charge on any atom is 0.251 e. The van der Waals surface area contributed by atoms with Gasteiger partial charge in [-0.05, 0) is 35.9 Å². The third kappa shape index (κ3) is 5.31. The second-order valence-corrected chi connectivity index (χ2v) is 8.06. The van der Waals surface area contributed by atoms with Crippen LogP contribution in [0.2, 0.25) is 5.02 Å². The Balaban J connectivity index is 2.12. The smallest absolute Gasteiger partial charge is 0.251 e. The Labute approximate surface area is 160 Å². The maximum absolute atomic E-state index is 12.3. The van der Waals surface area contributed by atoms with Gasteiger partial charge in [-0.2, -0.15) is 4.72 Å². The van der Waals surface area contributed by atoms with Crippen molar-refractivity contribution in [2.45, 2.75) is 11.4 Å². The van der Waals surface area contributed by atoms with Gasteiger partial charge in [0.15, 0.2) is 0 Å². The van der Waals surface area contributed by atoms with Crippen molar-refractivity contribution in [2.75, 3.05) is 6.54 Å². The first kappa shape index (κ1) is 19.5. The largest absolute Gasteiger partial charge is 0.348 e. The lowest BCUT2D eigenvalue weighted by Crippen LogP contribution is -2.26. The van der Waals surface area contributed by atoms with Gasteiger partial charge in [0.25, 0.3) is 5.91 Å². The van der Waals surface area contributed by atoms with Crippen molar-refractivity contribution in [3.8, 4) is 12.3 Å².